The summed E-state index contributed by atoms with van der Waals surface area (Å²) in [5.41, 5.74) is 3.05. The van der Waals surface area contributed by atoms with E-state index in [9.17, 15) is 0 Å². The second-order valence-electron chi connectivity index (χ2n) is 3.75. The lowest BCUT2D eigenvalue weighted by Gasteiger charge is -2.05. The number of aliphatic hydroxyl groups excluding tert-OH is 1. The van der Waals surface area contributed by atoms with Crippen molar-refractivity contribution in [1.29, 1.82) is 0 Å². The van der Waals surface area contributed by atoms with Crippen LogP contribution in [0.2, 0.25) is 0 Å². The molecule has 1 aromatic heterocycles. The first-order chi connectivity index (χ1) is 8.33. The Bertz CT molecular complexity index is 480. The Morgan fingerprint density at radius 3 is 2.59 bits per heavy atom. The fourth-order valence-electron chi connectivity index (χ4n) is 1.68. The SMILES string of the molecule is COc1ccc(-c2cc(CCO)ccn2)cc1. The summed E-state index contributed by atoms with van der Waals surface area (Å²) in [6, 6.07) is 11.7. The van der Waals surface area contributed by atoms with Gasteiger partial charge >= 0.3 is 0 Å². The van der Waals surface area contributed by atoms with Crippen molar-refractivity contribution in [3.63, 3.8) is 0 Å². The molecule has 0 aliphatic rings. The lowest BCUT2D eigenvalue weighted by molar-refractivity contribution is 0.299. The maximum atomic E-state index is 8.91. The van der Waals surface area contributed by atoms with Gasteiger partial charge in [-0.3, -0.25) is 4.98 Å². The average Bonchev–Trinajstić information content (AvgIpc) is 2.40. The molecule has 0 fully saturated rings. The third kappa shape index (κ3) is 2.82. The van der Waals surface area contributed by atoms with Crippen molar-refractivity contribution in [2.75, 3.05) is 13.7 Å². The molecule has 0 aliphatic heterocycles. The topological polar surface area (TPSA) is 42.4 Å². The van der Waals surface area contributed by atoms with Crippen LogP contribution in [0, 0.1) is 0 Å². The van der Waals surface area contributed by atoms with Gasteiger partial charge in [0.25, 0.3) is 0 Å². The first-order valence-electron chi connectivity index (χ1n) is 5.53. The van der Waals surface area contributed by atoms with Gasteiger partial charge in [0.05, 0.1) is 12.8 Å². The number of aliphatic hydroxyl groups is 1. The number of nitrogens with zero attached hydrogens (tertiary/aromatic N) is 1. The quantitative estimate of drug-likeness (QED) is 0.874. The van der Waals surface area contributed by atoms with Gasteiger partial charge in [-0.05, 0) is 48.4 Å². The normalized spacial score (nSPS) is 10.2. The monoisotopic (exact) mass is 229 g/mol. The van der Waals surface area contributed by atoms with Gasteiger partial charge in [-0.15, -0.1) is 0 Å². The molecule has 0 saturated heterocycles. The largest absolute Gasteiger partial charge is 0.497 e. The Labute approximate surface area is 101 Å². The standard InChI is InChI=1S/C14H15NO2/c1-17-13-4-2-12(3-5-13)14-10-11(7-9-16)6-8-15-14/h2-6,8,10,16H,7,9H2,1H3. The molecular formula is C14H15NO2. The summed E-state index contributed by atoms with van der Waals surface area (Å²) in [5, 5.41) is 8.91. The Kier molecular flexibility index (Phi) is 3.73. The summed E-state index contributed by atoms with van der Waals surface area (Å²) in [4.78, 5) is 4.32. The Balaban J connectivity index is 2.28. The maximum absolute atomic E-state index is 8.91. The van der Waals surface area contributed by atoms with E-state index in [0.29, 0.717) is 6.42 Å². The molecule has 0 aliphatic carbocycles. The van der Waals surface area contributed by atoms with E-state index in [2.05, 4.69) is 4.98 Å². The first kappa shape index (κ1) is 11.6. The highest BCUT2D eigenvalue weighted by Crippen LogP contribution is 2.21. The molecule has 0 amide bonds. The molecule has 3 nitrogen and oxygen atoms in total. The van der Waals surface area contributed by atoms with Crippen LogP contribution >= 0.6 is 0 Å². The smallest absolute Gasteiger partial charge is 0.118 e. The van der Waals surface area contributed by atoms with Gasteiger partial charge < -0.3 is 9.84 Å². The highest BCUT2D eigenvalue weighted by molar-refractivity contribution is 5.60. The van der Waals surface area contributed by atoms with Gasteiger partial charge in [0.1, 0.15) is 5.75 Å². The Morgan fingerprint density at radius 1 is 1.18 bits per heavy atom. The van der Waals surface area contributed by atoms with Crippen LogP contribution in [-0.4, -0.2) is 23.8 Å². The second kappa shape index (κ2) is 5.46. The average molecular weight is 229 g/mol. The third-order valence-corrected chi connectivity index (χ3v) is 2.61. The summed E-state index contributed by atoms with van der Waals surface area (Å²) >= 11 is 0. The number of benzene rings is 1. The van der Waals surface area contributed by atoms with Crippen LogP contribution < -0.4 is 4.74 Å². The van der Waals surface area contributed by atoms with Crippen molar-refractivity contribution in [3.8, 4) is 17.0 Å². The molecular weight excluding hydrogens is 214 g/mol. The summed E-state index contributed by atoms with van der Waals surface area (Å²) < 4.78 is 5.11. The van der Waals surface area contributed by atoms with E-state index in [4.69, 9.17) is 9.84 Å². The predicted molar refractivity (Wildman–Crippen MR) is 67.0 cm³/mol. The van der Waals surface area contributed by atoms with Crippen LogP contribution in [0.25, 0.3) is 11.3 Å². The first-order valence-corrected chi connectivity index (χ1v) is 5.53. The van der Waals surface area contributed by atoms with E-state index in [1.165, 1.54) is 0 Å². The van der Waals surface area contributed by atoms with Crippen molar-refractivity contribution in [2.45, 2.75) is 6.42 Å². The van der Waals surface area contributed by atoms with Crippen LogP contribution in [0.5, 0.6) is 5.75 Å². The van der Waals surface area contributed by atoms with Crippen LogP contribution in [0.15, 0.2) is 42.6 Å². The number of rotatable bonds is 4. The van der Waals surface area contributed by atoms with E-state index in [1.807, 2.05) is 36.4 Å². The highest BCUT2D eigenvalue weighted by atomic mass is 16.5. The number of hydrogen-bond donors (Lipinski definition) is 1. The lowest BCUT2D eigenvalue weighted by atomic mass is 10.1. The molecule has 17 heavy (non-hydrogen) atoms. The molecule has 0 spiro atoms. The van der Waals surface area contributed by atoms with E-state index >= 15 is 0 Å². The van der Waals surface area contributed by atoms with Crippen molar-refractivity contribution >= 4 is 0 Å². The number of pyridine rings is 1. The van der Waals surface area contributed by atoms with Crippen molar-refractivity contribution in [2.24, 2.45) is 0 Å². The second-order valence-corrected chi connectivity index (χ2v) is 3.75. The molecule has 1 aromatic carbocycles. The molecule has 0 radical (unpaired) electrons. The van der Waals surface area contributed by atoms with E-state index < -0.39 is 0 Å². The third-order valence-electron chi connectivity index (χ3n) is 2.61. The van der Waals surface area contributed by atoms with E-state index in [1.54, 1.807) is 13.3 Å². The Morgan fingerprint density at radius 2 is 1.94 bits per heavy atom. The van der Waals surface area contributed by atoms with E-state index in [-0.39, 0.29) is 6.61 Å². The van der Waals surface area contributed by atoms with Crippen molar-refractivity contribution in [1.82, 2.24) is 4.98 Å². The van der Waals surface area contributed by atoms with Gasteiger partial charge in [0, 0.05) is 18.4 Å². The van der Waals surface area contributed by atoms with Gasteiger partial charge in [-0.25, -0.2) is 0 Å². The number of aromatic nitrogens is 1. The molecule has 2 rings (SSSR count). The van der Waals surface area contributed by atoms with Crippen molar-refractivity contribution in [3.05, 3.63) is 48.2 Å². The van der Waals surface area contributed by atoms with Gasteiger partial charge in [0.15, 0.2) is 0 Å². The fourth-order valence-corrected chi connectivity index (χ4v) is 1.68. The lowest BCUT2D eigenvalue weighted by Crippen LogP contribution is -1.92. The minimum absolute atomic E-state index is 0.159. The number of hydrogen-bond acceptors (Lipinski definition) is 3. The van der Waals surface area contributed by atoms with Crippen LogP contribution in [-0.2, 0) is 6.42 Å². The molecule has 0 saturated carbocycles. The van der Waals surface area contributed by atoms with Gasteiger partial charge in [-0.2, -0.15) is 0 Å². The summed E-state index contributed by atoms with van der Waals surface area (Å²) in [7, 11) is 1.65. The molecule has 88 valence electrons. The number of ether oxygens (including phenoxy) is 1. The molecule has 1 heterocycles. The van der Waals surface area contributed by atoms with E-state index in [0.717, 1.165) is 22.6 Å². The Hall–Kier alpha value is -1.87. The molecule has 3 heteroatoms. The zero-order valence-electron chi connectivity index (χ0n) is 9.76. The zero-order chi connectivity index (χ0) is 12.1. The number of methoxy groups -OCH3 is 1. The summed E-state index contributed by atoms with van der Waals surface area (Å²) in [6.07, 6.45) is 2.43. The van der Waals surface area contributed by atoms with Crippen molar-refractivity contribution < 1.29 is 9.84 Å². The maximum Gasteiger partial charge on any atom is 0.118 e. The van der Waals surface area contributed by atoms with Crippen LogP contribution in [0.4, 0.5) is 0 Å². The molecule has 2 aromatic rings. The molecule has 0 atom stereocenters. The highest BCUT2D eigenvalue weighted by Gasteiger charge is 2.01. The summed E-state index contributed by atoms with van der Waals surface area (Å²) in [5.74, 6) is 0.834. The van der Waals surface area contributed by atoms with Gasteiger partial charge in [-0.1, -0.05) is 0 Å². The van der Waals surface area contributed by atoms with Crippen LogP contribution in [0.3, 0.4) is 0 Å². The molecule has 0 bridgehead atoms. The fraction of sp³-hybridized carbons (Fsp3) is 0.214. The minimum Gasteiger partial charge on any atom is -0.497 e. The molecule has 1 N–H and O–H groups in total. The van der Waals surface area contributed by atoms with Crippen LogP contribution in [0.1, 0.15) is 5.56 Å². The molecule has 0 unspecified atom stereocenters. The van der Waals surface area contributed by atoms with Gasteiger partial charge in [0.2, 0.25) is 0 Å². The predicted octanol–water partition coefficient (Wildman–Crippen LogP) is 2.29. The summed E-state index contributed by atoms with van der Waals surface area (Å²) in [6.45, 7) is 0.159. The minimum atomic E-state index is 0.159. The zero-order valence-corrected chi connectivity index (χ0v) is 9.76.